The molecule has 0 amide bonds. The average Bonchev–Trinajstić information content (AvgIpc) is 0.689. The molecule has 0 aliphatic carbocycles. The Balaban J connectivity index is 0.000000430. The molecule has 2 aliphatic heterocycles. The van der Waals surface area contributed by atoms with Gasteiger partial charge in [-0.25, -0.2) is 0 Å². The van der Waals surface area contributed by atoms with E-state index in [0.29, 0.717) is 73.9 Å². The van der Waals surface area contributed by atoms with Crippen LogP contribution in [0.25, 0.3) is 76.3 Å². The van der Waals surface area contributed by atoms with Gasteiger partial charge in [0.1, 0.15) is 92.1 Å². The standard InChI is InChI=1S/C18H25N3O2.C17H19NO5.C13H11NO5.C12H11NO3.C12H13NO2.C10H8ClNO.C9H7NO.C7H12O4.C6H14N2O.C2H5O.CH2O.2ClH.Na/c22-14-13-21-11-9-20(10-12-21)8-2-3-15-5-6-17(23)18-16(15)4-1-7-19-18;1-3-22-16(20)13(17(21)23-4-2)10-11-7-8-14(19)15-12(11)6-5-9-18-15;15-10-4-3-7(6-9(12(16)17)13(18)19)8-2-1-5-14-11(8)10;14-10-5-3-8(4-6-11(15)16)9-2-1-7-13-12(9)10;14-8-2-3-9-5-6-11(15)12-10(9)4-1-7-13-12;11-6-7-3-4-9(13)10-8(7)2-1-5-12-10;11-8-5-1-3-7-4-2-6-10-9(7)8;1-3-10-6(8)5-7(9)11-4-2;9-6-5-8-3-1-7-2-4-8;1-2-3;1-2;;;/h1,4-7,22-23H,2-3,8-14H2;5-9,13,19H,3-4,10H2,1-2H3;1-5,9,15H,6H2,(H,16,17)(H,18,19);1-3,5,7,14H,4,6H2,(H,15,16);1,4-7,14-15H,2-3,8H2;1-5,13H,6H2;1-6,11H;3-5H2,1-2H3;7,9H,1-6H2;2H2,1H3;1H2;2*1H;/q;;;;;;;;;-1;;;;+1. The average molecular weight is 2110 g/mol. The van der Waals surface area contributed by atoms with Gasteiger partial charge in [0.15, 0.2) is 11.8 Å². The zero-order chi connectivity index (χ0) is 106. The number of β-amino-alcohol motifs (C(OH)–C–C–N with tert-alkyl or cyclic N) is 2. The summed E-state index contributed by atoms with van der Waals surface area (Å²) in [7, 11) is 0. The minimum absolute atomic E-state index is 0. The number of carbonyl (C=O) groups is 8. The fraction of sp³-hybridized carbons (Fsp3) is 0.336. The van der Waals surface area contributed by atoms with Crippen molar-refractivity contribution in [2.45, 2.75) is 98.3 Å². The summed E-state index contributed by atoms with van der Waals surface area (Å²) in [5, 5.41) is 138. The molecule has 9 heterocycles. The number of ether oxygens (including phenoxy) is 4. The number of carboxylic acids is 3. The van der Waals surface area contributed by atoms with Gasteiger partial charge in [0, 0.05) is 165 Å². The van der Waals surface area contributed by atoms with Crippen LogP contribution in [0.2, 0.25) is 0 Å². The van der Waals surface area contributed by atoms with Crippen LogP contribution in [0.4, 0.5) is 0 Å². The van der Waals surface area contributed by atoms with E-state index in [1.807, 2.05) is 85.7 Å². The maximum Gasteiger partial charge on any atom is 1.00 e. The summed E-state index contributed by atoms with van der Waals surface area (Å²) in [4.78, 5) is 121. The minimum atomic E-state index is -1.52. The molecule has 14 N–H and O–H groups in total. The number of carbonyl (C=O) groups excluding carboxylic acids is 5. The molecule has 7 aromatic carbocycles. The van der Waals surface area contributed by atoms with Crippen molar-refractivity contribution in [1.29, 1.82) is 0 Å². The van der Waals surface area contributed by atoms with Crippen molar-refractivity contribution in [2.24, 2.45) is 11.8 Å². The fourth-order valence-electron chi connectivity index (χ4n) is 15.0. The number of esters is 4. The molecule has 2 aliphatic rings. The molecule has 2 saturated heterocycles. The third-order valence-corrected chi connectivity index (χ3v) is 22.2. The Morgan fingerprint density at radius 2 is 0.662 bits per heavy atom. The van der Waals surface area contributed by atoms with Crippen LogP contribution in [-0.2, 0) is 95.3 Å². The Hall–Kier alpha value is -13.5. The molecule has 14 aromatic rings. The second-order valence-electron chi connectivity index (χ2n) is 31.7. The normalized spacial score (nSPS) is 11.8. The van der Waals surface area contributed by atoms with Gasteiger partial charge in [-0.3, -0.25) is 78.2 Å². The van der Waals surface area contributed by atoms with Crippen LogP contribution in [0.5, 0.6) is 40.2 Å². The van der Waals surface area contributed by atoms with E-state index in [-0.39, 0.29) is 167 Å². The number of phenolic OH excluding ortho intramolecular Hbond substituents is 7. The predicted molar refractivity (Wildman–Crippen MR) is 562 cm³/mol. The van der Waals surface area contributed by atoms with Gasteiger partial charge in [-0.15, -0.1) is 43.0 Å². The van der Waals surface area contributed by atoms with Gasteiger partial charge in [-0.1, -0.05) is 97.9 Å². The Morgan fingerprint density at radius 3 is 0.993 bits per heavy atom. The number of nitrogens with zero attached hydrogens (tertiary/aromatic N) is 10. The van der Waals surface area contributed by atoms with Crippen molar-refractivity contribution in [3.63, 3.8) is 0 Å². The first-order valence-electron chi connectivity index (χ1n) is 46.9. The summed E-state index contributed by atoms with van der Waals surface area (Å²) in [6, 6.07) is 51.1. The van der Waals surface area contributed by atoms with Crippen LogP contribution in [0.1, 0.15) is 93.7 Å². The number of pyridine rings is 7. The van der Waals surface area contributed by atoms with Crippen LogP contribution in [0.3, 0.4) is 0 Å². The molecule has 41 heteroatoms. The van der Waals surface area contributed by atoms with Crippen molar-refractivity contribution < 1.29 is 158 Å². The van der Waals surface area contributed by atoms with E-state index in [9.17, 15) is 69.3 Å². The Morgan fingerprint density at radius 1 is 0.372 bits per heavy atom. The molecule has 0 spiro atoms. The molecule has 37 nitrogen and oxygen atoms in total. The second-order valence-corrected chi connectivity index (χ2v) is 31.9. The quantitative estimate of drug-likeness (QED) is 0.00681. The van der Waals surface area contributed by atoms with Crippen LogP contribution >= 0.6 is 36.4 Å². The van der Waals surface area contributed by atoms with E-state index in [1.54, 1.807) is 151 Å². The van der Waals surface area contributed by atoms with E-state index >= 15 is 0 Å². The van der Waals surface area contributed by atoms with Crippen LogP contribution < -0.4 is 40.0 Å². The van der Waals surface area contributed by atoms with E-state index in [4.69, 9.17) is 61.6 Å². The van der Waals surface area contributed by atoms with Crippen LogP contribution in [-0.4, -0.2) is 289 Å². The number of hydrogen-bond donors (Lipinski definition) is 14. The van der Waals surface area contributed by atoms with Crippen molar-refractivity contribution in [2.75, 3.05) is 125 Å². The summed E-state index contributed by atoms with van der Waals surface area (Å²) in [5.74, 6) is -7.00. The SMILES string of the molecule is C=O.CCOC(=O)C(Cc1ccc(O)c2ncccc12)C(=O)OCC.CCOC(=O)CC(=O)OCC.CC[O-].Cl.Cl.O=C(O)C(Cc1ccc(O)c2ncccc12)C(=O)O.O=C(O)CCc1ccc(O)c2ncccc12.OCCCc1ccc(O)c2ncccc12.OCCN1CCN(CCCc2ccc(O)c3ncccc23)CC1.OCCN1CCNCC1.Oc1ccc(CCl)c2cccnc12.Oc1cccc2cccnc12.[Na+]. The Kier molecular flexibility index (Phi) is 62.6. The molecule has 16 rings (SSSR count). The van der Waals surface area contributed by atoms with Gasteiger partial charge in [0.25, 0.3) is 0 Å². The van der Waals surface area contributed by atoms with E-state index in [2.05, 4.69) is 64.4 Å². The second kappa shape index (κ2) is 72.0. The van der Waals surface area contributed by atoms with Gasteiger partial charge >= 0.3 is 71.3 Å². The monoisotopic (exact) mass is 2110 g/mol. The number of aliphatic hydroxyl groups is 3. The van der Waals surface area contributed by atoms with E-state index < -0.39 is 53.6 Å². The zero-order valence-corrected chi connectivity index (χ0v) is 87.8. The number of nitrogens with one attached hydrogen (secondary N) is 1. The first-order valence-corrected chi connectivity index (χ1v) is 47.5. The van der Waals surface area contributed by atoms with Crippen molar-refractivity contribution in [3.05, 3.63) is 253 Å². The number of benzene rings is 7. The molecule has 0 radical (unpaired) electrons. The fourth-order valence-corrected chi connectivity index (χ4v) is 15.2. The molecular formula is C107H129Cl3N11NaO26. The maximum atomic E-state index is 12.1. The number of carboxylic acid groups (broad SMARTS) is 3. The topological polar surface area (TPSA) is 572 Å². The largest absolute Gasteiger partial charge is 1.00 e. The number of aromatic hydroxyl groups is 7. The molecular weight excluding hydrogens is 1980 g/mol. The van der Waals surface area contributed by atoms with Crippen LogP contribution in [0.15, 0.2) is 219 Å². The number of hydrogen-bond acceptors (Lipinski definition) is 34. The van der Waals surface area contributed by atoms with Gasteiger partial charge < -0.3 is 105 Å². The van der Waals surface area contributed by atoms with Crippen molar-refractivity contribution in [1.82, 2.24) is 54.9 Å². The molecule has 2 fully saturated rings. The van der Waals surface area contributed by atoms with Gasteiger partial charge in [0.05, 0.1) is 39.6 Å². The summed E-state index contributed by atoms with van der Waals surface area (Å²) in [6.07, 6.45) is 15.2. The number of aryl methyl sites for hydroxylation is 3. The first kappa shape index (κ1) is 129. The number of aliphatic carboxylic acids is 3. The van der Waals surface area contributed by atoms with Crippen molar-refractivity contribution >= 4 is 161 Å². The molecule has 0 saturated carbocycles. The smallest absolute Gasteiger partial charge is 0.855 e. The van der Waals surface area contributed by atoms with Gasteiger partial charge in [-0.05, 0) is 197 Å². The van der Waals surface area contributed by atoms with Crippen LogP contribution in [0, 0.1) is 11.8 Å². The zero-order valence-electron chi connectivity index (χ0n) is 83.4. The maximum absolute atomic E-state index is 12.1. The molecule has 7 aromatic heterocycles. The number of halogens is 3. The summed E-state index contributed by atoms with van der Waals surface area (Å²) >= 11 is 5.75. The number of para-hydroxylation sites is 1. The number of aromatic nitrogens is 7. The molecule has 148 heavy (non-hydrogen) atoms. The number of aliphatic hydroxyl groups excluding tert-OH is 3. The third-order valence-electron chi connectivity index (χ3n) is 21.9. The number of fused-ring (bicyclic) bond motifs is 7. The van der Waals surface area contributed by atoms with Crippen molar-refractivity contribution in [3.8, 4) is 40.2 Å². The molecule has 0 atom stereocenters. The third kappa shape index (κ3) is 42.4. The van der Waals surface area contributed by atoms with Gasteiger partial charge in [0.2, 0.25) is 0 Å². The summed E-state index contributed by atoms with van der Waals surface area (Å²) in [5.41, 5.74) is 9.37. The Labute approximate surface area is 896 Å². The molecule has 790 valence electrons. The summed E-state index contributed by atoms with van der Waals surface area (Å²) < 4.78 is 19.0. The first-order chi connectivity index (χ1) is 70.1. The van der Waals surface area contributed by atoms with E-state index in [1.165, 1.54) is 30.0 Å². The number of alkyl halides is 1. The number of phenols is 7. The number of piperazine rings is 2. The summed E-state index contributed by atoms with van der Waals surface area (Å²) in [6.45, 7) is 23.3. The van der Waals surface area contributed by atoms with E-state index in [0.717, 1.165) is 147 Å². The molecule has 0 unspecified atom stereocenters. The molecule has 0 bridgehead atoms. The van der Waals surface area contributed by atoms with Gasteiger partial charge in [-0.2, -0.15) is 0 Å². The number of rotatable bonds is 29. The minimum Gasteiger partial charge on any atom is -0.855 e. The Bertz CT molecular complexity index is 6360. The predicted octanol–water partition coefficient (Wildman–Crippen LogP) is 9.83.